The molecule has 0 atom stereocenters. The highest BCUT2D eigenvalue weighted by atomic mass is 32.1. The molecule has 0 aliphatic carbocycles. The van der Waals surface area contributed by atoms with Gasteiger partial charge in [-0.2, -0.15) is 5.10 Å². The number of para-hydroxylation sites is 1. The van der Waals surface area contributed by atoms with Gasteiger partial charge in [-0.15, -0.1) is 11.3 Å². The van der Waals surface area contributed by atoms with Gasteiger partial charge in [-0.25, -0.2) is 5.43 Å². The fourth-order valence-corrected chi connectivity index (χ4v) is 2.88. The normalized spacial score (nSPS) is 10.7. The van der Waals surface area contributed by atoms with Gasteiger partial charge in [-0.1, -0.05) is 30.3 Å². The molecule has 0 aliphatic rings. The first-order valence-corrected chi connectivity index (χ1v) is 8.86. The number of carbonyl (C=O) groups is 1. The van der Waals surface area contributed by atoms with Crippen LogP contribution in [0.3, 0.4) is 0 Å². The molecule has 6 heteroatoms. The average Bonchev–Trinajstić information content (AvgIpc) is 3.22. The fourth-order valence-electron chi connectivity index (χ4n) is 2.27. The third-order valence-electron chi connectivity index (χ3n) is 3.56. The zero-order valence-electron chi connectivity index (χ0n) is 14.2. The van der Waals surface area contributed by atoms with Crippen molar-refractivity contribution in [1.29, 1.82) is 0 Å². The number of amides is 1. The molecule has 132 valence electrons. The van der Waals surface area contributed by atoms with Crippen LogP contribution in [0, 0.1) is 0 Å². The van der Waals surface area contributed by atoms with Gasteiger partial charge in [0, 0.05) is 5.56 Å². The van der Waals surface area contributed by atoms with Crippen LogP contribution in [0.4, 0.5) is 0 Å². The number of nitrogens with one attached hydrogen (secondary N) is 1. The van der Waals surface area contributed by atoms with Crippen LogP contribution in [-0.4, -0.2) is 19.2 Å². The van der Waals surface area contributed by atoms with Crippen molar-refractivity contribution < 1.29 is 14.3 Å². The largest absolute Gasteiger partial charge is 0.497 e. The molecule has 1 amide bonds. The summed E-state index contributed by atoms with van der Waals surface area (Å²) >= 11 is 1.37. The number of hydrogen-bond acceptors (Lipinski definition) is 5. The smallest absolute Gasteiger partial charge is 0.281 e. The van der Waals surface area contributed by atoms with Gasteiger partial charge < -0.3 is 9.47 Å². The molecule has 0 radical (unpaired) electrons. The van der Waals surface area contributed by atoms with Crippen molar-refractivity contribution in [3.8, 4) is 11.5 Å². The molecule has 2 aromatic carbocycles. The maximum Gasteiger partial charge on any atom is 0.281 e. The van der Waals surface area contributed by atoms with Crippen LogP contribution < -0.4 is 14.9 Å². The van der Waals surface area contributed by atoms with Crippen molar-refractivity contribution >= 4 is 23.5 Å². The molecule has 0 aliphatic heterocycles. The SMILES string of the molecule is COc1cccc(COc2ccccc2C=NNC(=O)c2cccs2)c1. The topological polar surface area (TPSA) is 59.9 Å². The molecule has 0 bridgehead atoms. The second kappa shape index (κ2) is 8.82. The van der Waals surface area contributed by atoms with Crippen molar-refractivity contribution in [2.75, 3.05) is 7.11 Å². The Bertz CT molecular complexity index is 892. The van der Waals surface area contributed by atoms with E-state index in [-0.39, 0.29) is 5.91 Å². The third kappa shape index (κ3) is 4.70. The number of rotatable bonds is 7. The highest BCUT2D eigenvalue weighted by Gasteiger charge is 2.05. The molecule has 1 heterocycles. The minimum absolute atomic E-state index is 0.231. The van der Waals surface area contributed by atoms with Gasteiger partial charge in [0.1, 0.15) is 18.1 Å². The first-order valence-electron chi connectivity index (χ1n) is 7.98. The maximum atomic E-state index is 11.9. The highest BCUT2D eigenvalue weighted by Crippen LogP contribution is 2.19. The van der Waals surface area contributed by atoms with Crippen LogP contribution in [0.25, 0.3) is 0 Å². The molecule has 0 spiro atoms. The van der Waals surface area contributed by atoms with E-state index in [2.05, 4.69) is 10.5 Å². The number of hydrogen-bond donors (Lipinski definition) is 1. The molecule has 26 heavy (non-hydrogen) atoms. The van der Waals surface area contributed by atoms with Crippen molar-refractivity contribution in [3.63, 3.8) is 0 Å². The molecule has 0 saturated heterocycles. The Morgan fingerprint density at radius 3 is 2.85 bits per heavy atom. The zero-order valence-corrected chi connectivity index (χ0v) is 15.0. The van der Waals surface area contributed by atoms with Gasteiger partial charge in [0.05, 0.1) is 18.2 Å². The molecule has 3 aromatic rings. The van der Waals surface area contributed by atoms with Crippen LogP contribution in [0.2, 0.25) is 0 Å². The molecule has 1 aromatic heterocycles. The fraction of sp³-hybridized carbons (Fsp3) is 0.100. The van der Waals surface area contributed by atoms with Gasteiger partial charge in [-0.05, 0) is 41.3 Å². The van der Waals surface area contributed by atoms with Crippen molar-refractivity contribution in [2.24, 2.45) is 5.10 Å². The lowest BCUT2D eigenvalue weighted by molar-refractivity contribution is 0.0959. The predicted octanol–water partition coefficient (Wildman–Crippen LogP) is 4.10. The number of benzene rings is 2. The van der Waals surface area contributed by atoms with E-state index >= 15 is 0 Å². The summed E-state index contributed by atoms with van der Waals surface area (Å²) in [5, 5.41) is 5.87. The molecule has 3 rings (SSSR count). The number of nitrogens with zero attached hydrogens (tertiary/aromatic N) is 1. The van der Waals surface area contributed by atoms with E-state index in [0.29, 0.717) is 17.2 Å². The summed E-state index contributed by atoms with van der Waals surface area (Å²) in [4.78, 5) is 12.5. The van der Waals surface area contributed by atoms with Gasteiger partial charge in [0.15, 0.2) is 0 Å². The number of hydrazone groups is 1. The number of carbonyl (C=O) groups excluding carboxylic acids is 1. The second-order valence-corrected chi connectivity index (χ2v) is 6.30. The summed E-state index contributed by atoms with van der Waals surface area (Å²) in [6.07, 6.45) is 1.58. The summed E-state index contributed by atoms with van der Waals surface area (Å²) in [6.45, 7) is 0.406. The van der Waals surface area contributed by atoms with Crippen LogP contribution in [0.1, 0.15) is 20.8 Å². The minimum Gasteiger partial charge on any atom is -0.497 e. The average molecular weight is 366 g/mol. The van der Waals surface area contributed by atoms with E-state index in [9.17, 15) is 4.79 Å². The standard InChI is InChI=1S/C20H18N2O3S/c1-24-17-8-4-6-15(12-17)14-25-18-9-3-2-7-16(18)13-21-22-20(23)19-10-5-11-26-19/h2-13H,14H2,1H3,(H,22,23). The van der Waals surface area contributed by atoms with Crippen molar-refractivity contribution in [3.05, 3.63) is 82.0 Å². The van der Waals surface area contributed by atoms with Gasteiger partial charge in [-0.3, -0.25) is 4.79 Å². The monoisotopic (exact) mass is 366 g/mol. The van der Waals surface area contributed by atoms with E-state index in [1.165, 1.54) is 11.3 Å². The Kier molecular flexibility index (Phi) is 6.01. The second-order valence-electron chi connectivity index (χ2n) is 5.35. The molecular weight excluding hydrogens is 348 g/mol. The Hall–Kier alpha value is -3.12. The lowest BCUT2D eigenvalue weighted by Crippen LogP contribution is -2.16. The van der Waals surface area contributed by atoms with Crippen LogP contribution in [0.5, 0.6) is 11.5 Å². The predicted molar refractivity (Wildman–Crippen MR) is 103 cm³/mol. The van der Waals surface area contributed by atoms with Gasteiger partial charge in [0.2, 0.25) is 0 Å². The van der Waals surface area contributed by atoms with E-state index < -0.39 is 0 Å². The number of ether oxygens (including phenoxy) is 2. The van der Waals surface area contributed by atoms with Crippen LogP contribution in [0.15, 0.2) is 71.1 Å². The Morgan fingerprint density at radius 2 is 2.04 bits per heavy atom. The first kappa shape index (κ1) is 17.7. The maximum absolute atomic E-state index is 11.9. The lowest BCUT2D eigenvalue weighted by Gasteiger charge is -2.10. The summed E-state index contributed by atoms with van der Waals surface area (Å²) in [5.41, 5.74) is 4.30. The molecule has 1 N–H and O–H groups in total. The molecule has 0 saturated carbocycles. The Balaban J connectivity index is 1.64. The number of thiophene rings is 1. The third-order valence-corrected chi connectivity index (χ3v) is 4.43. The van der Waals surface area contributed by atoms with Gasteiger partial charge >= 0.3 is 0 Å². The highest BCUT2D eigenvalue weighted by molar-refractivity contribution is 7.12. The molecule has 5 nitrogen and oxygen atoms in total. The summed E-state index contributed by atoms with van der Waals surface area (Å²) in [6, 6.07) is 18.8. The minimum atomic E-state index is -0.231. The molecule has 0 unspecified atom stereocenters. The van der Waals surface area contributed by atoms with Crippen LogP contribution in [-0.2, 0) is 6.61 Å². The summed E-state index contributed by atoms with van der Waals surface area (Å²) < 4.78 is 11.1. The summed E-state index contributed by atoms with van der Waals surface area (Å²) in [7, 11) is 1.64. The van der Waals surface area contributed by atoms with E-state index in [1.807, 2.05) is 60.0 Å². The first-order chi connectivity index (χ1) is 12.8. The quantitative estimate of drug-likeness (QED) is 0.506. The van der Waals surface area contributed by atoms with E-state index in [0.717, 1.165) is 16.9 Å². The summed E-state index contributed by atoms with van der Waals surface area (Å²) in [5.74, 6) is 1.24. The molecule has 0 fully saturated rings. The van der Waals surface area contributed by atoms with E-state index in [1.54, 1.807) is 19.4 Å². The van der Waals surface area contributed by atoms with Crippen molar-refractivity contribution in [2.45, 2.75) is 6.61 Å². The Morgan fingerprint density at radius 1 is 1.15 bits per heavy atom. The lowest BCUT2D eigenvalue weighted by atomic mass is 10.2. The van der Waals surface area contributed by atoms with Gasteiger partial charge in [0.25, 0.3) is 5.91 Å². The zero-order chi connectivity index (χ0) is 18.2. The Labute approximate surface area is 155 Å². The van der Waals surface area contributed by atoms with E-state index in [4.69, 9.17) is 9.47 Å². The van der Waals surface area contributed by atoms with Crippen molar-refractivity contribution in [1.82, 2.24) is 5.43 Å². The molecular formula is C20H18N2O3S. The number of methoxy groups -OCH3 is 1. The van der Waals surface area contributed by atoms with Crippen LogP contribution >= 0.6 is 11.3 Å².